The van der Waals surface area contributed by atoms with Gasteiger partial charge in [-0.15, -0.1) is 0 Å². The first-order valence-corrected chi connectivity index (χ1v) is 8.34. The van der Waals surface area contributed by atoms with Crippen molar-refractivity contribution in [1.29, 1.82) is 0 Å². The smallest absolute Gasteiger partial charge is 0.341 e. The number of carbonyl (C=O) groups excluding carboxylic acids is 1. The molecule has 0 spiro atoms. The van der Waals surface area contributed by atoms with E-state index < -0.39 is 12.6 Å². The van der Waals surface area contributed by atoms with Crippen LogP contribution in [0.15, 0.2) is 47.1 Å². The van der Waals surface area contributed by atoms with Gasteiger partial charge in [0.2, 0.25) is 0 Å². The number of fused-ring (bicyclic) bond motifs is 1. The molecule has 0 saturated carbocycles. The number of amides is 1. The van der Waals surface area contributed by atoms with E-state index in [4.69, 9.17) is 21.4 Å². The molecule has 8 heteroatoms. The topological polar surface area (TPSA) is 91.4 Å². The van der Waals surface area contributed by atoms with Crippen molar-refractivity contribution in [3.05, 3.63) is 57.7 Å². The summed E-state index contributed by atoms with van der Waals surface area (Å²) >= 11 is 9.50. The van der Waals surface area contributed by atoms with E-state index in [0.717, 1.165) is 15.4 Å². The van der Waals surface area contributed by atoms with Gasteiger partial charge in [-0.25, -0.2) is 4.79 Å². The Morgan fingerprint density at radius 3 is 2.80 bits per heavy atom. The van der Waals surface area contributed by atoms with Crippen LogP contribution in [-0.4, -0.2) is 28.6 Å². The van der Waals surface area contributed by atoms with Crippen LogP contribution in [0.3, 0.4) is 0 Å². The maximum Gasteiger partial charge on any atom is 0.341 e. The fourth-order valence-electron chi connectivity index (χ4n) is 2.35. The summed E-state index contributed by atoms with van der Waals surface area (Å²) in [7, 11) is 0. The van der Waals surface area contributed by atoms with Gasteiger partial charge in [0.05, 0.1) is 10.6 Å². The van der Waals surface area contributed by atoms with E-state index in [1.54, 1.807) is 12.3 Å². The molecule has 6 nitrogen and oxygen atoms in total. The van der Waals surface area contributed by atoms with Crippen molar-refractivity contribution in [1.82, 2.24) is 4.98 Å². The molecule has 1 heterocycles. The normalized spacial score (nSPS) is 10.6. The van der Waals surface area contributed by atoms with Gasteiger partial charge >= 0.3 is 5.97 Å². The van der Waals surface area contributed by atoms with Crippen molar-refractivity contribution in [3.8, 4) is 5.75 Å². The molecule has 2 aromatic carbocycles. The number of hydrogen-bond donors (Lipinski definition) is 3. The van der Waals surface area contributed by atoms with Crippen molar-refractivity contribution in [2.45, 2.75) is 0 Å². The maximum absolute atomic E-state index is 12.5. The number of nitrogens with one attached hydrogen (secondary N) is 2. The van der Waals surface area contributed by atoms with Crippen molar-refractivity contribution >= 4 is 56.0 Å². The minimum atomic E-state index is -1.10. The zero-order valence-electron chi connectivity index (χ0n) is 12.7. The van der Waals surface area contributed by atoms with Gasteiger partial charge in [0.1, 0.15) is 5.75 Å². The van der Waals surface area contributed by atoms with Gasteiger partial charge in [-0.2, -0.15) is 0 Å². The summed E-state index contributed by atoms with van der Waals surface area (Å²) in [6, 6.07) is 10.2. The van der Waals surface area contributed by atoms with Gasteiger partial charge in [0, 0.05) is 27.3 Å². The first-order chi connectivity index (χ1) is 12.0. The number of carboxylic acids is 1. The maximum atomic E-state index is 12.5. The molecule has 3 rings (SSSR count). The van der Waals surface area contributed by atoms with E-state index in [-0.39, 0.29) is 16.7 Å². The third-order valence-electron chi connectivity index (χ3n) is 3.44. The minimum absolute atomic E-state index is 0.208. The average Bonchev–Trinajstić information content (AvgIpc) is 2.99. The Labute approximate surface area is 155 Å². The van der Waals surface area contributed by atoms with Crippen LogP contribution in [0.2, 0.25) is 5.02 Å². The van der Waals surface area contributed by atoms with E-state index >= 15 is 0 Å². The molecule has 0 unspecified atom stereocenters. The van der Waals surface area contributed by atoms with E-state index in [2.05, 4.69) is 26.2 Å². The lowest BCUT2D eigenvalue weighted by Gasteiger charge is -2.09. The second kappa shape index (κ2) is 7.16. The minimum Gasteiger partial charge on any atom is -0.480 e. The Balaban J connectivity index is 1.81. The largest absolute Gasteiger partial charge is 0.480 e. The highest BCUT2D eigenvalue weighted by Gasteiger charge is 2.15. The quantitative estimate of drug-likeness (QED) is 0.570. The van der Waals surface area contributed by atoms with Crippen LogP contribution in [0.5, 0.6) is 5.75 Å². The molecule has 3 aromatic rings. The highest BCUT2D eigenvalue weighted by Crippen LogP contribution is 2.30. The summed E-state index contributed by atoms with van der Waals surface area (Å²) in [4.78, 5) is 26.1. The molecule has 0 aliphatic rings. The third-order valence-corrected chi connectivity index (χ3v) is 4.40. The molecule has 128 valence electrons. The van der Waals surface area contributed by atoms with Crippen LogP contribution < -0.4 is 10.1 Å². The number of rotatable bonds is 5. The highest BCUT2D eigenvalue weighted by atomic mass is 79.9. The van der Waals surface area contributed by atoms with Crippen molar-refractivity contribution < 1.29 is 19.4 Å². The first kappa shape index (κ1) is 17.3. The summed E-state index contributed by atoms with van der Waals surface area (Å²) in [5, 5.41) is 12.4. The lowest BCUT2D eigenvalue weighted by molar-refractivity contribution is -0.139. The van der Waals surface area contributed by atoms with Crippen LogP contribution in [0.4, 0.5) is 5.69 Å². The van der Waals surface area contributed by atoms with Crippen LogP contribution in [-0.2, 0) is 4.79 Å². The van der Waals surface area contributed by atoms with Gasteiger partial charge in [-0.1, -0.05) is 33.6 Å². The molecule has 1 aromatic heterocycles. The summed E-state index contributed by atoms with van der Waals surface area (Å²) in [5.74, 6) is -1.16. The number of anilines is 1. The predicted molar refractivity (Wildman–Crippen MR) is 98.5 cm³/mol. The van der Waals surface area contributed by atoms with Crippen LogP contribution in [0.1, 0.15) is 10.4 Å². The fraction of sp³-hybridized carbons (Fsp3) is 0.0588. The van der Waals surface area contributed by atoms with Gasteiger partial charge in [-0.3, -0.25) is 4.79 Å². The molecule has 0 aliphatic heterocycles. The van der Waals surface area contributed by atoms with E-state index in [9.17, 15) is 9.59 Å². The SMILES string of the molecule is O=C(O)COc1ccc(NC(=O)c2c[nH]c3cccc(Br)c23)cc1Cl. The highest BCUT2D eigenvalue weighted by molar-refractivity contribution is 9.10. The first-order valence-electron chi connectivity index (χ1n) is 7.17. The Morgan fingerprint density at radius 2 is 2.08 bits per heavy atom. The van der Waals surface area contributed by atoms with Gasteiger partial charge in [0.25, 0.3) is 5.91 Å². The number of aromatic nitrogens is 1. The standard InChI is InChI=1S/C17H12BrClN2O4/c18-11-2-1-3-13-16(11)10(7-20-13)17(24)21-9-4-5-14(12(19)6-9)25-8-15(22)23/h1-7,20H,8H2,(H,21,24)(H,22,23). The number of ether oxygens (including phenoxy) is 1. The number of aliphatic carboxylic acids is 1. The molecule has 0 atom stereocenters. The predicted octanol–water partition coefficient (Wildman–Crippen LogP) is 4.30. The number of benzene rings is 2. The molecule has 25 heavy (non-hydrogen) atoms. The number of halogens is 2. The van der Waals surface area contributed by atoms with Gasteiger partial charge < -0.3 is 20.1 Å². The Hall–Kier alpha value is -2.51. The molecule has 0 aliphatic carbocycles. The van der Waals surface area contributed by atoms with Gasteiger partial charge in [-0.05, 0) is 30.3 Å². The number of H-pyrrole nitrogens is 1. The summed E-state index contributed by atoms with van der Waals surface area (Å²) in [5.41, 5.74) is 1.80. The second-order valence-corrected chi connectivity index (χ2v) is 6.41. The fourth-order valence-corrected chi connectivity index (χ4v) is 3.17. The van der Waals surface area contributed by atoms with E-state index in [0.29, 0.717) is 11.3 Å². The molecule has 0 fully saturated rings. The van der Waals surface area contributed by atoms with Gasteiger partial charge in [0.15, 0.2) is 6.61 Å². The number of carbonyl (C=O) groups is 2. The van der Waals surface area contributed by atoms with Crippen molar-refractivity contribution in [2.24, 2.45) is 0 Å². The average molecular weight is 424 g/mol. The summed E-state index contributed by atoms with van der Waals surface area (Å²) in [6.45, 7) is -0.491. The zero-order chi connectivity index (χ0) is 18.0. The summed E-state index contributed by atoms with van der Waals surface area (Å²) in [6.07, 6.45) is 1.64. The lowest BCUT2D eigenvalue weighted by atomic mass is 10.1. The molecular weight excluding hydrogens is 412 g/mol. The van der Waals surface area contributed by atoms with Crippen LogP contribution in [0, 0.1) is 0 Å². The molecule has 0 bridgehead atoms. The lowest BCUT2D eigenvalue weighted by Crippen LogP contribution is -2.12. The summed E-state index contributed by atoms with van der Waals surface area (Å²) < 4.78 is 5.86. The number of aromatic amines is 1. The molecule has 0 saturated heterocycles. The Kier molecular flexibility index (Phi) is 4.96. The van der Waals surface area contributed by atoms with E-state index in [1.165, 1.54) is 12.1 Å². The third kappa shape index (κ3) is 3.78. The molecule has 0 radical (unpaired) electrons. The Bertz CT molecular complexity index is 970. The molecule has 1 amide bonds. The monoisotopic (exact) mass is 422 g/mol. The number of hydrogen-bond acceptors (Lipinski definition) is 3. The van der Waals surface area contributed by atoms with Crippen molar-refractivity contribution in [3.63, 3.8) is 0 Å². The second-order valence-electron chi connectivity index (χ2n) is 5.15. The van der Waals surface area contributed by atoms with E-state index in [1.807, 2.05) is 18.2 Å². The van der Waals surface area contributed by atoms with Crippen molar-refractivity contribution in [2.75, 3.05) is 11.9 Å². The number of carboxylic acid groups (broad SMARTS) is 1. The Morgan fingerprint density at radius 1 is 1.28 bits per heavy atom. The molecule has 3 N–H and O–H groups in total. The zero-order valence-corrected chi connectivity index (χ0v) is 15.0. The van der Waals surface area contributed by atoms with Crippen LogP contribution >= 0.6 is 27.5 Å². The molecular formula is C17H12BrClN2O4. The van der Waals surface area contributed by atoms with Crippen LogP contribution in [0.25, 0.3) is 10.9 Å².